The Morgan fingerprint density at radius 2 is 2.12 bits per heavy atom. The predicted octanol–water partition coefficient (Wildman–Crippen LogP) is 2.06. The van der Waals surface area contributed by atoms with Crippen molar-refractivity contribution in [3.8, 4) is 10.6 Å². The first-order valence-corrected chi connectivity index (χ1v) is 9.10. The maximum Gasteiger partial charge on any atom is 0.339 e. The summed E-state index contributed by atoms with van der Waals surface area (Å²) in [4.78, 5) is 44.0. The van der Waals surface area contributed by atoms with Gasteiger partial charge in [-0.15, -0.1) is 11.3 Å². The Balaban J connectivity index is 1.72. The Labute approximate surface area is 153 Å². The number of aromatic carboxylic acids is 1. The van der Waals surface area contributed by atoms with Crippen LogP contribution in [-0.2, 0) is 9.59 Å². The summed E-state index contributed by atoms with van der Waals surface area (Å²) in [6.07, 6.45) is 0.655. The van der Waals surface area contributed by atoms with Gasteiger partial charge in [-0.05, 0) is 37.6 Å². The SMILES string of the molecule is Cc1ccc(-c2ccc(C(=O)O)c(N3CC[C@@]4(CC(=O)NC4=O)C3)n2)s1. The molecule has 8 heteroatoms. The number of nitrogens with zero attached hydrogens (tertiary/aromatic N) is 2. The highest BCUT2D eigenvalue weighted by atomic mass is 32.1. The number of hydrogen-bond acceptors (Lipinski definition) is 6. The van der Waals surface area contributed by atoms with Crippen LogP contribution in [0.1, 0.15) is 28.1 Å². The Morgan fingerprint density at radius 1 is 1.31 bits per heavy atom. The number of carboxylic acid groups (broad SMARTS) is 1. The van der Waals surface area contributed by atoms with Crippen molar-refractivity contribution in [3.63, 3.8) is 0 Å². The van der Waals surface area contributed by atoms with Crippen molar-refractivity contribution >= 4 is 34.9 Å². The molecule has 4 heterocycles. The van der Waals surface area contributed by atoms with Crippen LogP contribution in [0.4, 0.5) is 5.82 Å². The number of carboxylic acids is 1. The number of hydrogen-bond donors (Lipinski definition) is 2. The number of carbonyl (C=O) groups excluding carboxylic acids is 2. The van der Waals surface area contributed by atoms with Crippen LogP contribution in [0.5, 0.6) is 0 Å². The van der Waals surface area contributed by atoms with Gasteiger partial charge in [0.1, 0.15) is 11.4 Å². The smallest absolute Gasteiger partial charge is 0.339 e. The van der Waals surface area contributed by atoms with E-state index in [1.807, 2.05) is 24.0 Å². The van der Waals surface area contributed by atoms with Crippen molar-refractivity contribution in [2.45, 2.75) is 19.8 Å². The van der Waals surface area contributed by atoms with Crippen LogP contribution in [0, 0.1) is 12.3 Å². The number of thiophene rings is 1. The molecule has 2 aromatic rings. The number of imide groups is 1. The number of aryl methyl sites for hydroxylation is 1. The Kier molecular flexibility index (Phi) is 3.80. The van der Waals surface area contributed by atoms with Gasteiger partial charge in [0.05, 0.1) is 16.0 Å². The molecule has 2 saturated heterocycles. The van der Waals surface area contributed by atoms with Gasteiger partial charge in [0.2, 0.25) is 11.8 Å². The number of anilines is 1. The highest BCUT2D eigenvalue weighted by Gasteiger charge is 2.51. The van der Waals surface area contributed by atoms with Crippen molar-refractivity contribution in [2.75, 3.05) is 18.0 Å². The molecule has 0 radical (unpaired) electrons. The van der Waals surface area contributed by atoms with Crippen LogP contribution in [-0.4, -0.2) is 41.0 Å². The number of rotatable bonds is 3. The predicted molar refractivity (Wildman–Crippen MR) is 96.3 cm³/mol. The Hall–Kier alpha value is -2.74. The maximum atomic E-state index is 12.2. The van der Waals surface area contributed by atoms with E-state index in [2.05, 4.69) is 10.3 Å². The molecule has 2 amide bonds. The van der Waals surface area contributed by atoms with Crippen LogP contribution in [0.3, 0.4) is 0 Å². The molecular formula is C18H17N3O4S. The molecule has 26 heavy (non-hydrogen) atoms. The van der Waals surface area contributed by atoms with Crippen molar-refractivity contribution < 1.29 is 19.5 Å². The molecule has 0 bridgehead atoms. The number of nitrogens with one attached hydrogen (secondary N) is 1. The van der Waals surface area contributed by atoms with Crippen molar-refractivity contribution in [1.82, 2.24) is 10.3 Å². The average Bonchev–Trinajstić information content (AvgIpc) is 3.28. The quantitative estimate of drug-likeness (QED) is 0.801. The van der Waals surface area contributed by atoms with Crippen LogP contribution in [0.2, 0.25) is 0 Å². The molecule has 4 rings (SSSR count). The summed E-state index contributed by atoms with van der Waals surface area (Å²) in [6.45, 7) is 2.78. The zero-order chi connectivity index (χ0) is 18.5. The highest BCUT2D eigenvalue weighted by Crippen LogP contribution is 2.40. The van der Waals surface area contributed by atoms with Gasteiger partial charge in [-0.2, -0.15) is 0 Å². The Morgan fingerprint density at radius 3 is 2.73 bits per heavy atom. The highest BCUT2D eigenvalue weighted by molar-refractivity contribution is 7.15. The molecule has 2 N–H and O–H groups in total. The molecule has 0 saturated carbocycles. The van der Waals surface area contributed by atoms with Gasteiger partial charge in [-0.3, -0.25) is 14.9 Å². The third-order valence-corrected chi connectivity index (χ3v) is 6.01. The summed E-state index contributed by atoms with van der Waals surface area (Å²) in [7, 11) is 0. The molecular weight excluding hydrogens is 354 g/mol. The van der Waals surface area contributed by atoms with Gasteiger partial charge in [-0.25, -0.2) is 9.78 Å². The number of carbonyl (C=O) groups is 3. The lowest BCUT2D eigenvalue weighted by molar-refractivity contribution is -0.128. The van der Waals surface area contributed by atoms with Crippen LogP contribution in [0.15, 0.2) is 24.3 Å². The lowest BCUT2D eigenvalue weighted by Gasteiger charge is -2.22. The van der Waals surface area contributed by atoms with E-state index in [1.165, 1.54) is 0 Å². The van der Waals surface area contributed by atoms with E-state index in [0.717, 1.165) is 9.75 Å². The second-order valence-electron chi connectivity index (χ2n) is 6.79. The minimum atomic E-state index is -1.06. The monoisotopic (exact) mass is 371 g/mol. The van der Waals surface area contributed by atoms with Crippen LogP contribution in [0.25, 0.3) is 10.6 Å². The first-order chi connectivity index (χ1) is 12.4. The van der Waals surface area contributed by atoms with Crippen molar-refractivity contribution in [3.05, 3.63) is 34.7 Å². The van der Waals surface area contributed by atoms with Gasteiger partial charge in [0.25, 0.3) is 0 Å². The molecule has 2 aliphatic heterocycles. The lowest BCUT2D eigenvalue weighted by atomic mass is 9.85. The van der Waals surface area contributed by atoms with E-state index in [-0.39, 0.29) is 23.8 Å². The van der Waals surface area contributed by atoms with E-state index >= 15 is 0 Å². The fourth-order valence-electron chi connectivity index (χ4n) is 3.64. The van der Waals surface area contributed by atoms with Gasteiger partial charge in [-0.1, -0.05) is 0 Å². The standard InChI is InChI=1S/C18H17N3O4S/c1-10-2-5-13(26-10)12-4-3-11(16(23)24)15(19-12)21-7-6-18(9-21)8-14(22)20-17(18)25/h2-5H,6-9H2,1H3,(H,23,24)(H,20,22,25)/t18-/m1/s1. The summed E-state index contributed by atoms with van der Waals surface area (Å²) in [5, 5.41) is 11.9. The summed E-state index contributed by atoms with van der Waals surface area (Å²) in [5.74, 6) is -1.25. The Bertz CT molecular complexity index is 938. The van der Waals surface area contributed by atoms with E-state index in [0.29, 0.717) is 31.0 Å². The van der Waals surface area contributed by atoms with E-state index in [4.69, 9.17) is 0 Å². The molecule has 0 aliphatic carbocycles. The van der Waals surface area contributed by atoms with Crippen molar-refractivity contribution in [1.29, 1.82) is 0 Å². The molecule has 2 aromatic heterocycles. The zero-order valence-corrected chi connectivity index (χ0v) is 14.9. The normalized spacial score (nSPS) is 22.3. The fourth-order valence-corrected chi connectivity index (χ4v) is 4.48. The van der Waals surface area contributed by atoms with Gasteiger partial charge in [0.15, 0.2) is 0 Å². The fraction of sp³-hybridized carbons (Fsp3) is 0.333. The molecule has 2 fully saturated rings. The molecule has 2 aliphatic rings. The second-order valence-corrected chi connectivity index (χ2v) is 8.08. The molecule has 0 unspecified atom stereocenters. The largest absolute Gasteiger partial charge is 0.478 e. The maximum absolute atomic E-state index is 12.2. The first kappa shape index (κ1) is 16.7. The molecule has 7 nitrogen and oxygen atoms in total. The molecule has 134 valence electrons. The summed E-state index contributed by atoms with van der Waals surface area (Å²) >= 11 is 1.59. The summed E-state index contributed by atoms with van der Waals surface area (Å²) in [6, 6.07) is 7.21. The molecule has 1 spiro atoms. The minimum Gasteiger partial charge on any atom is -0.478 e. The van der Waals surface area contributed by atoms with Gasteiger partial charge in [0, 0.05) is 24.4 Å². The van der Waals surface area contributed by atoms with E-state index < -0.39 is 11.4 Å². The third-order valence-electron chi connectivity index (χ3n) is 4.99. The summed E-state index contributed by atoms with van der Waals surface area (Å²) in [5.41, 5.74) is 0.0316. The van der Waals surface area contributed by atoms with Gasteiger partial charge >= 0.3 is 5.97 Å². The topological polar surface area (TPSA) is 99.6 Å². The van der Waals surface area contributed by atoms with Crippen LogP contribution >= 0.6 is 11.3 Å². The second kappa shape index (κ2) is 5.91. The minimum absolute atomic E-state index is 0.101. The molecule has 1 atom stereocenters. The molecule has 0 aromatic carbocycles. The lowest BCUT2D eigenvalue weighted by Crippen LogP contribution is -2.35. The number of aromatic nitrogens is 1. The number of pyridine rings is 1. The number of amides is 2. The van der Waals surface area contributed by atoms with E-state index in [9.17, 15) is 19.5 Å². The van der Waals surface area contributed by atoms with Crippen molar-refractivity contribution in [2.24, 2.45) is 5.41 Å². The average molecular weight is 371 g/mol. The van der Waals surface area contributed by atoms with Crippen LogP contribution < -0.4 is 10.2 Å². The zero-order valence-electron chi connectivity index (χ0n) is 14.1. The first-order valence-electron chi connectivity index (χ1n) is 8.28. The van der Waals surface area contributed by atoms with E-state index in [1.54, 1.807) is 23.5 Å². The van der Waals surface area contributed by atoms with Gasteiger partial charge < -0.3 is 10.0 Å². The summed E-state index contributed by atoms with van der Waals surface area (Å²) < 4.78 is 0. The third kappa shape index (κ3) is 2.66.